The summed E-state index contributed by atoms with van der Waals surface area (Å²) in [7, 11) is 2.13. The van der Waals surface area contributed by atoms with E-state index in [0.717, 1.165) is 31.5 Å². The summed E-state index contributed by atoms with van der Waals surface area (Å²) in [6, 6.07) is 5.87. The van der Waals surface area contributed by atoms with Gasteiger partial charge >= 0.3 is 0 Å². The standard InChI is InChI=1S/C22H29Cl2N3/c1-17(2)6-5-7-18(3)10-12-26(4)22(15-27-13-11-25-16-27)20-9-8-19(23)14-21(20)24/h6,8-11,13-14,16,22H,5,7,12,15H2,1-4H3. The lowest BCUT2D eigenvalue weighted by Gasteiger charge is -2.29. The van der Waals surface area contributed by atoms with Gasteiger partial charge in [0.25, 0.3) is 0 Å². The van der Waals surface area contributed by atoms with Gasteiger partial charge in [0.1, 0.15) is 0 Å². The Balaban J connectivity index is 2.13. The summed E-state index contributed by atoms with van der Waals surface area (Å²) < 4.78 is 2.08. The van der Waals surface area contributed by atoms with Crippen molar-refractivity contribution in [3.8, 4) is 0 Å². The first-order valence-corrected chi connectivity index (χ1v) is 10.0. The molecule has 0 amide bonds. The molecule has 27 heavy (non-hydrogen) atoms. The molecular formula is C22H29Cl2N3. The predicted octanol–water partition coefficient (Wildman–Crippen LogP) is 6.56. The van der Waals surface area contributed by atoms with E-state index in [1.54, 1.807) is 6.20 Å². The third-order valence-electron chi connectivity index (χ3n) is 4.62. The van der Waals surface area contributed by atoms with E-state index < -0.39 is 0 Å². The largest absolute Gasteiger partial charge is 0.336 e. The van der Waals surface area contributed by atoms with Gasteiger partial charge in [0.15, 0.2) is 0 Å². The van der Waals surface area contributed by atoms with E-state index in [1.807, 2.05) is 30.7 Å². The monoisotopic (exact) mass is 405 g/mol. The molecule has 146 valence electrons. The lowest BCUT2D eigenvalue weighted by atomic mass is 10.0. The molecule has 0 aliphatic carbocycles. The van der Waals surface area contributed by atoms with Gasteiger partial charge in [-0.15, -0.1) is 0 Å². The van der Waals surface area contributed by atoms with Crippen LogP contribution in [-0.4, -0.2) is 28.0 Å². The summed E-state index contributed by atoms with van der Waals surface area (Å²) in [5.74, 6) is 0. The van der Waals surface area contributed by atoms with Gasteiger partial charge in [-0.2, -0.15) is 0 Å². The molecule has 0 saturated heterocycles. The second kappa shape index (κ2) is 10.7. The van der Waals surface area contributed by atoms with E-state index in [4.69, 9.17) is 23.2 Å². The molecule has 0 saturated carbocycles. The van der Waals surface area contributed by atoms with Crippen LogP contribution < -0.4 is 0 Å². The van der Waals surface area contributed by atoms with Gasteiger partial charge in [0.2, 0.25) is 0 Å². The topological polar surface area (TPSA) is 21.1 Å². The van der Waals surface area contributed by atoms with Crippen molar-refractivity contribution in [1.82, 2.24) is 14.5 Å². The van der Waals surface area contributed by atoms with Crippen LogP contribution in [0.1, 0.15) is 45.2 Å². The van der Waals surface area contributed by atoms with Crippen LogP contribution in [0.25, 0.3) is 0 Å². The molecule has 0 fully saturated rings. The highest BCUT2D eigenvalue weighted by molar-refractivity contribution is 6.35. The fourth-order valence-corrected chi connectivity index (χ4v) is 3.49. The zero-order chi connectivity index (χ0) is 19.8. The maximum Gasteiger partial charge on any atom is 0.0946 e. The molecule has 0 radical (unpaired) electrons. The number of likely N-dealkylation sites (N-methyl/N-ethyl adjacent to an activating group) is 1. The van der Waals surface area contributed by atoms with E-state index in [1.165, 1.54) is 11.1 Å². The smallest absolute Gasteiger partial charge is 0.0946 e. The Kier molecular flexibility index (Phi) is 8.62. The summed E-state index contributed by atoms with van der Waals surface area (Å²) in [5.41, 5.74) is 3.86. The fourth-order valence-electron chi connectivity index (χ4n) is 2.96. The molecule has 0 N–H and O–H groups in total. The van der Waals surface area contributed by atoms with Crippen molar-refractivity contribution in [3.05, 3.63) is 75.8 Å². The van der Waals surface area contributed by atoms with E-state index in [0.29, 0.717) is 10.0 Å². The second-order valence-corrected chi connectivity index (χ2v) is 8.09. The Bertz CT molecular complexity index is 775. The van der Waals surface area contributed by atoms with Crippen LogP contribution >= 0.6 is 23.2 Å². The number of rotatable bonds is 9. The zero-order valence-corrected chi connectivity index (χ0v) is 18.1. The molecule has 1 unspecified atom stereocenters. The number of aromatic nitrogens is 2. The minimum Gasteiger partial charge on any atom is -0.336 e. The molecule has 1 aromatic heterocycles. The zero-order valence-electron chi connectivity index (χ0n) is 16.6. The third-order valence-corrected chi connectivity index (χ3v) is 5.18. The molecule has 3 nitrogen and oxygen atoms in total. The van der Waals surface area contributed by atoms with Gasteiger partial charge < -0.3 is 4.57 Å². The number of allylic oxidation sites excluding steroid dienone is 3. The van der Waals surface area contributed by atoms with Gasteiger partial charge in [-0.1, -0.05) is 52.6 Å². The number of benzene rings is 1. The van der Waals surface area contributed by atoms with Crippen LogP contribution in [0.2, 0.25) is 10.0 Å². The molecule has 5 heteroatoms. The predicted molar refractivity (Wildman–Crippen MR) is 116 cm³/mol. The molecule has 0 bridgehead atoms. The van der Waals surface area contributed by atoms with Crippen LogP contribution in [0, 0.1) is 0 Å². The van der Waals surface area contributed by atoms with Crippen molar-refractivity contribution in [3.63, 3.8) is 0 Å². The number of nitrogens with zero attached hydrogens (tertiary/aromatic N) is 3. The average Bonchev–Trinajstić information content (AvgIpc) is 3.11. The first-order valence-electron chi connectivity index (χ1n) is 9.26. The van der Waals surface area contributed by atoms with Crippen molar-refractivity contribution < 1.29 is 0 Å². The summed E-state index contributed by atoms with van der Waals surface area (Å²) in [6.07, 6.45) is 12.4. The van der Waals surface area contributed by atoms with Crippen molar-refractivity contribution in [1.29, 1.82) is 0 Å². The number of halogens is 2. The van der Waals surface area contributed by atoms with Crippen LogP contribution in [0.4, 0.5) is 0 Å². The van der Waals surface area contributed by atoms with Gasteiger partial charge in [0.05, 0.1) is 12.4 Å². The van der Waals surface area contributed by atoms with Crippen LogP contribution in [0.15, 0.2) is 60.2 Å². The quantitative estimate of drug-likeness (QED) is 0.440. The molecule has 1 aromatic carbocycles. The maximum atomic E-state index is 6.51. The van der Waals surface area contributed by atoms with E-state index >= 15 is 0 Å². The number of imidazole rings is 1. The second-order valence-electron chi connectivity index (χ2n) is 7.25. The Morgan fingerprint density at radius 3 is 2.63 bits per heavy atom. The average molecular weight is 406 g/mol. The highest BCUT2D eigenvalue weighted by atomic mass is 35.5. The highest BCUT2D eigenvalue weighted by Crippen LogP contribution is 2.30. The molecule has 2 aromatic rings. The Labute approximate surface area is 173 Å². The first kappa shape index (κ1) is 21.7. The van der Waals surface area contributed by atoms with Crippen molar-refractivity contribution in [2.24, 2.45) is 0 Å². The van der Waals surface area contributed by atoms with Gasteiger partial charge in [-0.05, 0) is 58.4 Å². The molecule has 0 aliphatic rings. The Hall–Kier alpha value is -1.55. The van der Waals surface area contributed by atoms with Crippen LogP contribution in [-0.2, 0) is 6.54 Å². The van der Waals surface area contributed by atoms with E-state index in [9.17, 15) is 0 Å². The summed E-state index contributed by atoms with van der Waals surface area (Å²) in [5, 5.41) is 1.35. The highest BCUT2D eigenvalue weighted by Gasteiger charge is 2.20. The van der Waals surface area contributed by atoms with Crippen LogP contribution in [0.5, 0.6) is 0 Å². The van der Waals surface area contributed by atoms with E-state index in [2.05, 4.69) is 54.4 Å². The first-order chi connectivity index (χ1) is 12.9. The molecule has 1 atom stereocenters. The molecular weight excluding hydrogens is 377 g/mol. The number of hydrogen-bond donors (Lipinski definition) is 0. The van der Waals surface area contributed by atoms with Gasteiger partial charge in [-0.3, -0.25) is 4.90 Å². The van der Waals surface area contributed by atoms with Crippen molar-refractivity contribution in [2.75, 3.05) is 13.6 Å². The summed E-state index contributed by atoms with van der Waals surface area (Å²) in [6.45, 7) is 8.13. The number of hydrogen-bond acceptors (Lipinski definition) is 2. The minimum absolute atomic E-state index is 0.130. The maximum absolute atomic E-state index is 6.51. The van der Waals surface area contributed by atoms with Crippen molar-refractivity contribution in [2.45, 2.75) is 46.2 Å². The lowest BCUT2D eigenvalue weighted by Crippen LogP contribution is -2.28. The summed E-state index contributed by atoms with van der Waals surface area (Å²) in [4.78, 5) is 6.48. The normalized spacial score (nSPS) is 13.1. The SMILES string of the molecule is CC(C)=CCCC(C)=CCN(C)C(Cn1ccnc1)c1ccc(Cl)cc1Cl. The minimum atomic E-state index is 0.130. The fraction of sp³-hybridized carbons (Fsp3) is 0.409. The Morgan fingerprint density at radius 1 is 1.22 bits per heavy atom. The van der Waals surface area contributed by atoms with Gasteiger partial charge in [-0.25, -0.2) is 4.98 Å². The van der Waals surface area contributed by atoms with E-state index in [-0.39, 0.29) is 6.04 Å². The van der Waals surface area contributed by atoms with Crippen molar-refractivity contribution >= 4 is 23.2 Å². The lowest BCUT2D eigenvalue weighted by molar-refractivity contribution is 0.243. The molecule has 0 aliphatic heterocycles. The molecule has 0 spiro atoms. The van der Waals surface area contributed by atoms with Gasteiger partial charge in [0, 0.05) is 35.5 Å². The molecule has 1 heterocycles. The Morgan fingerprint density at radius 2 is 2.00 bits per heavy atom. The van der Waals surface area contributed by atoms with Crippen LogP contribution in [0.3, 0.4) is 0 Å². The summed E-state index contributed by atoms with van der Waals surface area (Å²) >= 11 is 12.6. The molecule has 2 rings (SSSR count). The third kappa shape index (κ3) is 7.17.